The van der Waals surface area contributed by atoms with Crippen LogP contribution in [0.5, 0.6) is 0 Å². The first-order chi connectivity index (χ1) is 16.7. The predicted octanol–water partition coefficient (Wildman–Crippen LogP) is 9.82. The van der Waals surface area contributed by atoms with E-state index in [0.29, 0.717) is 5.92 Å². The van der Waals surface area contributed by atoms with Gasteiger partial charge in [0.05, 0.1) is 10.4 Å². The quantitative estimate of drug-likeness (QED) is 0.253. The summed E-state index contributed by atoms with van der Waals surface area (Å²) in [6, 6.07) is 20.1. The van der Waals surface area contributed by atoms with Crippen LogP contribution in [0.1, 0.15) is 51.5 Å². The highest BCUT2D eigenvalue weighted by molar-refractivity contribution is 7.26. The van der Waals surface area contributed by atoms with Crippen LogP contribution in [0.15, 0.2) is 65.2 Å². The number of furan rings is 1. The van der Waals surface area contributed by atoms with E-state index >= 15 is 0 Å². The van der Waals surface area contributed by atoms with Crippen LogP contribution in [0.2, 0.25) is 0 Å². The highest BCUT2D eigenvalue weighted by Crippen LogP contribution is 2.43. The van der Waals surface area contributed by atoms with E-state index in [9.17, 15) is 0 Å². The van der Waals surface area contributed by atoms with E-state index in [2.05, 4.69) is 96.1 Å². The number of aromatic nitrogens is 1. The van der Waals surface area contributed by atoms with Crippen LogP contribution in [0.25, 0.3) is 53.2 Å². The lowest BCUT2D eigenvalue weighted by molar-refractivity contribution is 0.560. The molecule has 3 aromatic heterocycles. The molecule has 6 aromatic rings. The fourth-order valence-corrected chi connectivity index (χ4v) is 6.63. The summed E-state index contributed by atoms with van der Waals surface area (Å²) < 4.78 is 8.77. The van der Waals surface area contributed by atoms with Gasteiger partial charge in [0.25, 0.3) is 0 Å². The van der Waals surface area contributed by atoms with Gasteiger partial charge < -0.3 is 4.42 Å². The molecule has 0 aliphatic carbocycles. The Labute approximate surface area is 210 Å². The van der Waals surface area contributed by atoms with Crippen molar-refractivity contribution in [2.45, 2.75) is 53.4 Å². The number of fused-ring (bicyclic) bond motifs is 5. The van der Waals surface area contributed by atoms with E-state index in [1.807, 2.05) is 17.5 Å². The van der Waals surface area contributed by atoms with E-state index in [0.717, 1.165) is 23.5 Å². The lowest BCUT2D eigenvalue weighted by Crippen LogP contribution is -2.12. The van der Waals surface area contributed by atoms with Crippen molar-refractivity contribution >= 4 is 53.3 Å². The molecular weight excluding hydrogens is 446 g/mol. The van der Waals surface area contributed by atoms with E-state index < -0.39 is 0 Å². The van der Waals surface area contributed by atoms with Crippen molar-refractivity contribution in [2.24, 2.45) is 5.92 Å². The Morgan fingerprint density at radius 3 is 2.49 bits per heavy atom. The van der Waals surface area contributed by atoms with Crippen LogP contribution >= 0.6 is 11.3 Å². The summed E-state index contributed by atoms with van der Waals surface area (Å²) in [6.45, 7) is 13.5. The first-order valence-electron chi connectivity index (χ1n) is 12.5. The van der Waals surface area contributed by atoms with Crippen LogP contribution < -0.4 is 0 Å². The molecule has 0 bridgehead atoms. The number of benzene rings is 3. The van der Waals surface area contributed by atoms with Gasteiger partial charge in [0.2, 0.25) is 0 Å². The van der Waals surface area contributed by atoms with Crippen molar-refractivity contribution in [3.63, 3.8) is 0 Å². The van der Waals surface area contributed by atoms with Crippen LogP contribution in [0.3, 0.4) is 0 Å². The first kappa shape index (κ1) is 22.3. The molecule has 2 nitrogen and oxygen atoms in total. The molecule has 176 valence electrons. The van der Waals surface area contributed by atoms with E-state index in [4.69, 9.17) is 9.40 Å². The monoisotopic (exact) mass is 477 g/mol. The summed E-state index contributed by atoms with van der Waals surface area (Å²) in [6.07, 6.45) is 2.99. The zero-order valence-corrected chi connectivity index (χ0v) is 22.1. The van der Waals surface area contributed by atoms with Gasteiger partial charge in [-0.3, -0.25) is 4.98 Å². The number of thiophene rings is 1. The Hall–Kier alpha value is -3.17. The summed E-state index contributed by atoms with van der Waals surface area (Å²) in [4.78, 5) is 4.92. The van der Waals surface area contributed by atoms with Gasteiger partial charge in [-0.25, -0.2) is 0 Å². The second kappa shape index (κ2) is 7.93. The molecule has 0 saturated heterocycles. The topological polar surface area (TPSA) is 26.0 Å². The molecule has 0 amide bonds. The second-order valence-corrected chi connectivity index (χ2v) is 12.3. The van der Waals surface area contributed by atoms with E-state index in [-0.39, 0.29) is 5.41 Å². The standard InChI is InChI=1S/C32H31NOS/c1-18(2)13-24-19(3)34-28-16-26-23-11-12-33-30(31(23)35-29(26)17-25(24)28)21-14-20-9-7-8-10-22(20)27(15-21)32(4,5)6/h7-12,14-18H,13H2,1-6H3. The number of rotatable bonds is 3. The summed E-state index contributed by atoms with van der Waals surface area (Å²) >= 11 is 1.85. The Balaban J connectivity index is 1.62. The van der Waals surface area contributed by atoms with Crippen LogP contribution in [-0.4, -0.2) is 4.98 Å². The highest BCUT2D eigenvalue weighted by atomic mass is 32.1. The minimum Gasteiger partial charge on any atom is -0.461 e. The van der Waals surface area contributed by atoms with Crippen LogP contribution in [-0.2, 0) is 11.8 Å². The van der Waals surface area contributed by atoms with Gasteiger partial charge in [0.1, 0.15) is 11.3 Å². The Morgan fingerprint density at radius 1 is 0.914 bits per heavy atom. The number of hydrogen-bond acceptors (Lipinski definition) is 3. The molecule has 0 aliphatic rings. The maximum absolute atomic E-state index is 6.23. The van der Waals surface area contributed by atoms with Crippen LogP contribution in [0, 0.1) is 12.8 Å². The predicted molar refractivity (Wildman–Crippen MR) is 152 cm³/mol. The first-order valence-corrected chi connectivity index (χ1v) is 13.3. The molecule has 0 N–H and O–H groups in total. The lowest BCUT2D eigenvalue weighted by Gasteiger charge is -2.22. The van der Waals surface area contributed by atoms with Gasteiger partial charge >= 0.3 is 0 Å². The van der Waals surface area contributed by atoms with Gasteiger partial charge in [-0.2, -0.15) is 0 Å². The molecule has 3 aromatic carbocycles. The normalized spacial score (nSPS) is 12.7. The average Bonchev–Trinajstić information content (AvgIpc) is 3.32. The zero-order valence-electron chi connectivity index (χ0n) is 21.3. The smallest absolute Gasteiger partial charge is 0.135 e. The van der Waals surface area contributed by atoms with Gasteiger partial charge in [0.15, 0.2) is 0 Å². The Bertz CT molecular complexity index is 1740. The van der Waals surface area contributed by atoms with Gasteiger partial charge in [-0.15, -0.1) is 11.3 Å². The molecule has 6 rings (SSSR count). The fraction of sp³-hybridized carbons (Fsp3) is 0.281. The third kappa shape index (κ3) is 3.65. The molecule has 0 unspecified atom stereocenters. The van der Waals surface area contributed by atoms with Crippen molar-refractivity contribution in [3.8, 4) is 11.3 Å². The van der Waals surface area contributed by atoms with E-state index in [1.165, 1.54) is 53.0 Å². The number of hydrogen-bond donors (Lipinski definition) is 0. The van der Waals surface area contributed by atoms with Crippen LogP contribution in [0.4, 0.5) is 0 Å². The zero-order chi connectivity index (χ0) is 24.5. The molecule has 35 heavy (non-hydrogen) atoms. The number of pyridine rings is 1. The highest BCUT2D eigenvalue weighted by Gasteiger charge is 2.21. The molecule has 0 spiro atoms. The Kier molecular flexibility index (Phi) is 5.05. The van der Waals surface area contributed by atoms with Crippen molar-refractivity contribution < 1.29 is 4.42 Å². The average molecular weight is 478 g/mol. The summed E-state index contributed by atoms with van der Waals surface area (Å²) in [5, 5.41) is 6.34. The SMILES string of the molecule is Cc1oc2cc3c(cc2c1CC(C)C)sc1c(-c2cc(C(C)(C)C)c4ccccc4c2)nccc13. The number of nitrogens with zero attached hydrogens (tertiary/aromatic N) is 1. The minimum absolute atomic E-state index is 0.0405. The fourth-order valence-electron chi connectivity index (χ4n) is 5.40. The molecular formula is C32H31NOS. The third-order valence-corrected chi connectivity index (χ3v) is 8.23. The minimum atomic E-state index is 0.0405. The largest absolute Gasteiger partial charge is 0.461 e. The molecule has 0 fully saturated rings. The summed E-state index contributed by atoms with van der Waals surface area (Å²) in [5.74, 6) is 1.64. The summed E-state index contributed by atoms with van der Waals surface area (Å²) in [7, 11) is 0. The van der Waals surface area contributed by atoms with Gasteiger partial charge in [-0.1, -0.05) is 58.9 Å². The molecule has 0 radical (unpaired) electrons. The van der Waals surface area contributed by atoms with Gasteiger partial charge in [-0.05, 0) is 71.3 Å². The maximum Gasteiger partial charge on any atom is 0.135 e. The Morgan fingerprint density at radius 2 is 1.71 bits per heavy atom. The second-order valence-electron chi connectivity index (χ2n) is 11.2. The molecule has 3 heterocycles. The van der Waals surface area contributed by atoms with Crippen molar-refractivity contribution in [1.82, 2.24) is 4.98 Å². The van der Waals surface area contributed by atoms with Crippen molar-refractivity contribution in [1.29, 1.82) is 0 Å². The van der Waals surface area contributed by atoms with Crippen molar-refractivity contribution in [2.75, 3.05) is 0 Å². The third-order valence-electron chi connectivity index (χ3n) is 7.06. The maximum atomic E-state index is 6.23. The molecule has 0 aliphatic heterocycles. The van der Waals surface area contributed by atoms with E-state index in [1.54, 1.807) is 0 Å². The van der Waals surface area contributed by atoms with Crippen molar-refractivity contribution in [3.05, 3.63) is 77.7 Å². The summed E-state index contributed by atoms with van der Waals surface area (Å²) in [5.41, 5.74) is 5.98. The molecule has 0 saturated carbocycles. The molecule has 0 atom stereocenters. The number of aryl methyl sites for hydroxylation is 1. The lowest BCUT2D eigenvalue weighted by atomic mass is 9.82. The molecule has 3 heteroatoms. The van der Waals surface area contributed by atoms with Gasteiger partial charge in [0, 0.05) is 38.2 Å².